The first-order valence-electron chi connectivity index (χ1n) is 7.49. The molecule has 6 heteroatoms. The van der Waals surface area contributed by atoms with Gasteiger partial charge in [0.1, 0.15) is 5.82 Å². The monoisotopic (exact) mass is 295 g/mol. The normalized spacial score (nSPS) is 14.9. The summed E-state index contributed by atoms with van der Waals surface area (Å²) in [6.45, 7) is 2.00. The maximum absolute atomic E-state index is 12.2. The summed E-state index contributed by atoms with van der Waals surface area (Å²) < 4.78 is 1.63. The number of H-pyrrole nitrogens is 1. The highest BCUT2D eigenvalue weighted by molar-refractivity contribution is 5.83. The molecule has 6 nitrogen and oxygen atoms in total. The third-order valence-corrected chi connectivity index (χ3v) is 4.28. The van der Waals surface area contributed by atoms with Crippen molar-refractivity contribution in [1.82, 2.24) is 19.7 Å². The molecule has 3 aromatic rings. The molecule has 1 fully saturated rings. The number of nitrogens with zero attached hydrogens (tertiary/aromatic N) is 4. The Hall–Kier alpha value is -2.63. The molecular weight excluding hydrogens is 278 g/mol. The molecule has 3 heterocycles. The van der Waals surface area contributed by atoms with E-state index in [0.717, 1.165) is 35.4 Å². The van der Waals surface area contributed by atoms with Crippen LogP contribution in [-0.2, 0) is 7.05 Å². The Balaban J connectivity index is 1.85. The quantitative estimate of drug-likeness (QED) is 0.784. The van der Waals surface area contributed by atoms with E-state index in [1.807, 2.05) is 24.3 Å². The van der Waals surface area contributed by atoms with Gasteiger partial charge in [-0.2, -0.15) is 10.1 Å². The molecule has 1 aromatic carbocycles. The van der Waals surface area contributed by atoms with Crippen LogP contribution in [0.3, 0.4) is 0 Å². The first kappa shape index (κ1) is 13.1. The minimum absolute atomic E-state index is 0.216. The maximum Gasteiger partial charge on any atom is 0.349 e. The Kier molecular flexibility index (Phi) is 2.96. The number of fused-ring (bicyclic) bond motifs is 1. The van der Waals surface area contributed by atoms with Crippen LogP contribution in [0.2, 0.25) is 0 Å². The molecule has 1 N–H and O–H groups in total. The number of rotatable bonds is 2. The topological polar surface area (TPSA) is 66.8 Å². The largest absolute Gasteiger partial charge is 0.358 e. The van der Waals surface area contributed by atoms with E-state index >= 15 is 0 Å². The van der Waals surface area contributed by atoms with Gasteiger partial charge in [-0.15, -0.1) is 0 Å². The lowest BCUT2D eigenvalue weighted by Crippen LogP contribution is -2.29. The molecule has 1 aliphatic rings. The molecule has 4 rings (SSSR count). The summed E-state index contributed by atoms with van der Waals surface area (Å²) in [6.07, 6.45) is 4.13. The zero-order chi connectivity index (χ0) is 15.1. The Labute approximate surface area is 127 Å². The Morgan fingerprint density at radius 1 is 1.18 bits per heavy atom. The van der Waals surface area contributed by atoms with E-state index in [4.69, 9.17) is 0 Å². The molecule has 0 atom stereocenters. The third-order valence-electron chi connectivity index (χ3n) is 4.28. The Morgan fingerprint density at radius 2 is 2.00 bits per heavy atom. The van der Waals surface area contributed by atoms with Gasteiger partial charge in [-0.1, -0.05) is 6.07 Å². The number of aromatic amines is 1. The fraction of sp³-hybridized carbons (Fsp3) is 0.312. The second-order valence-corrected chi connectivity index (χ2v) is 5.71. The van der Waals surface area contributed by atoms with Crippen molar-refractivity contribution in [3.05, 3.63) is 40.9 Å². The summed E-state index contributed by atoms with van der Waals surface area (Å²) in [7, 11) is 1.78. The van der Waals surface area contributed by atoms with Gasteiger partial charge >= 0.3 is 5.69 Å². The van der Waals surface area contributed by atoms with Gasteiger partial charge in [0.25, 0.3) is 0 Å². The zero-order valence-electron chi connectivity index (χ0n) is 12.4. The third kappa shape index (κ3) is 2.07. The van der Waals surface area contributed by atoms with E-state index in [1.54, 1.807) is 17.8 Å². The van der Waals surface area contributed by atoms with Gasteiger partial charge < -0.3 is 4.90 Å². The number of aromatic nitrogens is 4. The van der Waals surface area contributed by atoms with Crippen molar-refractivity contribution < 1.29 is 0 Å². The van der Waals surface area contributed by atoms with Crippen LogP contribution >= 0.6 is 0 Å². The van der Waals surface area contributed by atoms with Crippen LogP contribution in [0.5, 0.6) is 0 Å². The molecule has 112 valence electrons. The summed E-state index contributed by atoms with van der Waals surface area (Å²) in [5, 5.41) is 7.98. The minimum Gasteiger partial charge on any atom is -0.358 e. The van der Waals surface area contributed by atoms with Crippen LogP contribution < -0.4 is 10.6 Å². The molecular formula is C16H17N5O. The van der Waals surface area contributed by atoms with Crippen molar-refractivity contribution in [3.8, 4) is 11.3 Å². The number of nitrogens with one attached hydrogen (secondary N) is 1. The molecule has 0 saturated carbocycles. The van der Waals surface area contributed by atoms with Crippen molar-refractivity contribution in [2.75, 3.05) is 18.0 Å². The van der Waals surface area contributed by atoms with E-state index in [2.05, 4.69) is 20.1 Å². The van der Waals surface area contributed by atoms with E-state index in [-0.39, 0.29) is 5.69 Å². The molecule has 0 spiro atoms. The van der Waals surface area contributed by atoms with Gasteiger partial charge in [-0.25, -0.2) is 4.79 Å². The van der Waals surface area contributed by atoms with Crippen LogP contribution in [-0.4, -0.2) is 32.8 Å². The number of hydrogen-bond donors (Lipinski definition) is 1. The predicted octanol–water partition coefficient (Wildman–Crippen LogP) is 1.92. The Morgan fingerprint density at radius 3 is 2.82 bits per heavy atom. The van der Waals surface area contributed by atoms with Crippen LogP contribution in [0.15, 0.2) is 35.3 Å². The fourth-order valence-electron chi connectivity index (χ4n) is 3.03. The van der Waals surface area contributed by atoms with Gasteiger partial charge in [0.05, 0.1) is 17.4 Å². The molecule has 0 unspecified atom stereocenters. The molecule has 1 aliphatic heterocycles. The fourth-order valence-corrected chi connectivity index (χ4v) is 3.03. The predicted molar refractivity (Wildman–Crippen MR) is 86.0 cm³/mol. The highest BCUT2D eigenvalue weighted by Crippen LogP contribution is 2.25. The van der Waals surface area contributed by atoms with E-state index in [9.17, 15) is 4.79 Å². The maximum atomic E-state index is 12.2. The number of hydrogen-bond acceptors (Lipinski definition) is 4. The second kappa shape index (κ2) is 4.98. The van der Waals surface area contributed by atoms with Gasteiger partial charge in [0.2, 0.25) is 0 Å². The van der Waals surface area contributed by atoms with Crippen LogP contribution in [0, 0.1) is 0 Å². The lowest BCUT2D eigenvalue weighted by atomic mass is 10.1. The smallest absolute Gasteiger partial charge is 0.349 e. The van der Waals surface area contributed by atoms with Crippen molar-refractivity contribution in [2.24, 2.45) is 7.05 Å². The Bertz CT molecular complexity index is 889. The van der Waals surface area contributed by atoms with E-state index in [1.165, 1.54) is 12.8 Å². The second-order valence-electron chi connectivity index (χ2n) is 5.71. The summed E-state index contributed by atoms with van der Waals surface area (Å²) >= 11 is 0. The summed E-state index contributed by atoms with van der Waals surface area (Å²) in [4.78, 5) is 18.7. The van der Waals surface area contributed by atoms with Crippen LogP contribution in [0.25, 0.3) is 22.2 Å². The number of anilines is 1. The van der Waals surface area contributed by atoms with Gasteiger partial charge in [-0.05, 0) is 25.0 Å². The lowest BCUT2D eigenvalue weighted by molar-refractivity contribution is 0.770. The van der Waals surface area contributed by atoms with Crippen molar-refractivity contribution in [2.45, 2.75) is 12.8 Å². The highest BCUT2D eigenvalue weighted by atomic mass is 16.1. The molecule has 22 heavy (non-hydrogen) atoms. The van der Waals surface area contributed by atoms with E-state index in [0.29, 0.717) is 5.69 Å². The SMILES string of the molecule is Cn1c(N2CCCC2)cc(-c2ccc3[nH]ncc3c2)nc1=O. The van der Waals surface area contributed by atoms with Gasteiger partial charge in [-0.3, -0.25) is 9.67 Å². The van der Waals surface area contributed by atoms with Crippen molar-refractivity contribution in [3.63, 3.8) is 0 Å². The molecule has 1 saturated heterocycles. The van der Waals surface area contributed by atoms with Crippen LogP contribution in [0.1, 0.15) is 12.8 Å². The molecule has 2 aromatic heterocycles. The van der Waals surface area contributed by atoms with Crippen molar-refractivity contribution in [1.29, 1.82) is 0 Å². The van der Waals surface area contributed by atoms with E-state index < -0.39 is 0 Å². The zero-order valence-corrected chi connectivity index (χ0v) is 12.4. The molecule has 0 radical (unpaired) electrons. The molecule has 0 bridgehead atoms. The first-order valence-corrected chi connectivity index (χ1v) is 7.49. The van der Waals surface area contributed by atoms with Gasteiger partial charge in [0, 0.05) is 37.2 Å². The summed E-state index contributed by atoms with van der Waals surface area (Å²) in [5.41, 5.74) is 2.42. The average Bonchev–Trinajstić information content (AvgIpc) is 3.19. The highest BCUT2D eigenvalue weighted by Gasteiger charge is 2.17. The average molecular weight is 295 g/mol. The minimum atomic E-state index is -0.216. The summed E-state index contributed by atoms with van der Waals surface area (Å²) in [5.74, 6) is 0.944. The standard InChI is InChI=1S/C16H17N5O/c1-20-15(21-6-2-3-7-21)9-14(18-16(20)22)11-4-5-13-12(8-11)10-17-19-13/h4-5,8-10H,2-3,6-7H2,1H3,(H,17,19). The lowest BCUT2D eigenvalue weighted by Gasteiger charge is -2.20. The first-order chi connectivity index (χ1) is 10.7. The van der Waals surface area contributed by atoms with Crippen LogP contribution in [0.4, 0.5) is 5.82 Å². The molecule has 0 aliphatic carbocycles. The van der Waals surface area contributed by atoms with Crippen molar-refractivity contribution >= 4 is 16.7 Å². The number of benzene rings is 1. The van der Waals surface area contributed by atoms with Gasteiger partial charge in [0.15, 0.2) is 0 Å². The molecule has 0 amide bonds. The summed E-state index contributed by atoms with van der Waals surface area (Å²) in [6, 6.07) is 7.95.